The fourth-order valence-corrected chi connectivity index (χ4v) is 1.24. The summed E-state index contributed by atoms with van der Waals surface area (Å²) >= 11 is 0. The summed E-state index contributed by atoms with van der Waals surface area (Å²) in [6.45, 7) is 4.14. The molecule has 1 fully saturated rings. The lowest BCUT2D eigenvalue weighted by atomic mass is 10.2. The van der Waals surface area contributed by atoms with E-state index < -0.39 is 0 Å². The summed E-state index contributed by atoms with van der Waals surface area (Å²) in [5.74, 6) is 0. The van der Waals surface area contributed by atoms with Gasteiger partial charge in [-0.3, -0.25) is 4.90 Å². The van der Waals surface area contributed by atoms with Crippen molar-refractivity contribution < 1.29 is 4.74 Å². The first-order valence-corrected chi connectivity index (χ1v) is 3.74. The molecule has 68 valence electrons. The van der Waals surface area contributed by atoms with Gasteiger partial charge in [0, 0.05) is 32.8 Å². The second-order valence-corrected chi connectivity index (χ2v) is 2.79. The van der Waals surface area contributed by atoms with Crippen LogP contribution in [-0.4, -0.2) is 51.3 Å². The van der Waals surface area contributed by atoms with Crippen LogP contribution in [-0.2, 0) is 4.74 Å². The molecule has 1 rings (SSSR count). The molecule has 3 nitrogen and oxygen atoms in total. The zero-order valence-corrected chi connectivity index (χ0v) is 7.99. The molecule has 0 aliphatic carbocycles. The van der Waals surface area contributed by atoms with E-state index in [0.29, 0.717) is 6.04 Å². The highest BCUT2D eigenvalue weighted by Gasteiger charge is 2.17. The van der Waals surface area contributed by atoms with Gasteiger partial charge in [0.25, 0.3) is 0 Å². The molecule has 0 aromatic heterocycles. The van der Waals surface area contributed by atoms with Crippen LogP contribution >= 0.6 is 12.4 Å². The number of likely N-dealkylation sites (N-methyl/N-ethyl adjacent to an activating group) is 1. The monoisotopic (exact) mass is 180 g/mol. The van der Waals surface area contributed by atoms with Crippen LogP contribution < -0.4 is 5.32 Å². The quantitative estimate of drug-likeness (QED) is 0.646. The zero-order chi connectivity index (χ0) is 7.40. The van der Waals surface area contributed by atoms with Gasteiger partial charge in [0.05, 0.1) is 6.61 Å². The third-order valence-corrected chi connectivity index (χ3v) is 2.00. The van der Waals surface area contributed by atoms with Crippen molar-refractivity contribution in [1.29, 1.82) is 0 Å². The summed E-state index contributed by atoms with van der Waals surface area (Å²) in [7, 11) is 3.90. The highest BCUT2D eigenvalue weighted by molar-refractivity contribution is 5.85. The summed E-state index contributed by atoms with van der Waals surface area (Å²) in [6, 6.07) is 0.568. The molecule has 11 heavy (non-hydrogen) atoms. The first-order valence-electron chi connectivity index (χ1n) is 3.74. The minimum Gasteiger partial charge on any atom is -0.383 e. The van der Waals surface area contributed by atoms with Crippen molar-refractivity contribution in [3.63, 3.8) is 0 Å². The second kappa shape index (κ2) is 5.77. The standard InChI is InChI=1S/C7H16N2O.ClH/c1-9-4-3-8-5-7(9)6-10-2;/h7-8H,3-6H2,1-2H3;1H/t7-;/m0./s1. The van der Waals surface area contributed by atoms with Crippen LogP contribution in [0.15, 0.2) is 0 Å². The highest BCUT2D eigenvalue weighted by Crippen LogP contribution is 1.98. The molecule has 4 heteroatoms. The average Bonchev–Trinajstić information content (AvgIpc) is 1.94. The van der Waals surface area contributed by atoms with Gasteiger partial charge in [-0.1, -0.05) is 0 Å². The summed E-state index contributed by atoms with van der Waals surface area (Å²) in [5, 5.41) is 3.33. The fourth-order valence-electron chi connectivity index (χ4n) is 1.24. The van der Waals surface area contributed by atoms with Crippen molar-refractivity contribution >= 4 is 12.4 Å². The van der Waals surface area contributed by atoms with Gasteiger partial charge in [0.1, 0.15) is 0 Å². The summed E-state index contributed by atoms with van der Waals surface area (Å²) in [5.41, 5.74) is 0. The van der Waals surface area contributed by atoms with E-state index >= 15 is 0 Å². The lowest BCUT2D eigenvalue weighted by molar-refractivity contribution is 0.0909. The predicted octanol–water partition coefficient (Wildman–Crippen LogP) is -0.0418. The van der Waals surface area contributed by atoms with E-state index in [4.69, 9.17) is 4.74 Å². The van der Waals surface area contributed by atoms with E-state index in [2.05, 4.69) is 17.3 Å². The molecular weight excluding hydrogens is 164 g/mol. The molecule has 0 spiro atoms. The summed E-state index contributed by atoms with van der Waals surface area (Å²) in [4.78, 5) is 2.33. The Morgan fingerprint density at radius 1 is 1.64 bits per heavy atom. The molecule has 1 aliphatic heterocycles. The lowest BCUT2D eigenvalue weighted by Gasteiger charge is -2.32. The van der Waals surface area contributed by atoms with Crippen LogP contribution in [0.5, 0.6) is 0 Å². The Balaban J connectivity index is 0.000001000. The normalized spacial score (nSPS) is 26.2. The predicted molar refractivity (Wildman–Crippen MR) is 48.4 cm³/mol. The molecule has 1 N–H and O–H groups in total. The summed E-state index contributed by atoms with van der Waals surface area (Å²) in [6.07, 6.45) is 0. The molecule has 0 aromatic rings. The third-order valence-electron chi connectivity index (χ3n) is 2.00. The van der Waals surface area contributed by atoms with Crippen LogP contribution in [0.1, 0.15) is 0 Å². The molecule has 0 saturated carbocycles. The molecule has 1 heterocycles. The number of hydrogen-bond donors (Lipinski definition) is 1. The van der Waals surface area contributed by atoms with E-state index in [9.17, 15) is 0 Å². The molecule has 0 amide bonds. The maximum atomic E-state index is 5.07. The van der Waals surface area contributed by atoms with Gasteiger partial charge >= 0.3 is 0 Å². The van der Waals surface area contributed by atoms with Gasteiger partial charge in [0.2, 0.25) is 0 Å². The Hall–Kier alpha value is 0.170. The Morgan fingerprint density at radius 3 is 2.91 bits per heavy atom. The van der Waals surface area contributed by atoms with Crippen molar-refractivity contribution in [2.45, 2.75) is 6.04 Å². The average molecular weight is 181 g/mol. The molecule has 0 bridgehead atoms. The van der Waals surface area contributed by atoms with Crippen molar-refractivity contribution in [2.24, 2.45) is 0 Å². The number of ether oxygens (including phenoxy) is 1. The molecule has 1 saturated heterocycles. The number of nitrogens with one attached hydrogen (secondary N) is 1. The van der Waals surface area contributed by atoms with E-state index in [1.807, 2.05) is 0 Å². The number of hydrogen-bond acceptors (Lipinski definition) is 3. The Morgan fingerprint density at radius 2 is 2.36 bits per heavy atom. The van der Waals surface area contributed by atoms with Crippen LogP contribution in [0.2, 0.25) is 0 Å². The molecule has 1 atom stereocenters. The van der Waals surface area contributed by atoms with Crippen LogP contribution in [0.25, 0.3) is 0 Å². The van der Waals surface area contributed by atoms with E-state index in [-0.39, 0.29) is 12.4 Å². The maximum absolute atomic E-state index is 5.07. The Labute approximate surface area is 74.5 Å². The van der Waals surface area contributed by atoms with Gasteiger partial charge in [-0.25, -0.2) is 0 Å². The molecule has 0 radical (unpaired) electrons. The van der Waals surface area contributed by atoms with E-state index in [1.54, 1.807) is 7.11 Å². The number of methoxy groups -OCH3 is 1. The van der Waals surface area contributed by atoms with Crippen molar-refractivity contribution in [3.05, 3.63) is 0 Å². The van der Waals surface area contributed by atoms with Crippen molar-refractivity contribution in [1.82, 2.24) is 10.2 Å². The van der Waals surface area contributed by atoms with Gasteiger partial charge in [-0.05, 0) is 7.05 Å². The molecular formula is C7H17ClN2O. The lowest BCUT2D eigenvalue weighted by Crippen LogP contribution is -2.51. The molecule has 1 aliphatic rings. The van der Waals surface area contributed by atoms with Gasteiger partial charge < -0.3 is 10.1 Å². The fraction of sp³-hybridized carbons (Fsp3) is 1.00. The third kappa shape index (κ3) is 3.38. The first-order chi connectivity index (χ1) is 4.84. The number of rotatable bonds is 2. The van der Waals surface area contributed by atoms with Crippen molar-refractivity contribution in [2.75, 3.05) is 40.4 Å². The van der Waals surface area contributed by atoms with Gasteiger partial charge in [-0.2, -0.15) is 0 Å². The minimum absolute atomic E-state index is 0. The minimum atomic E-state index is 0. The molecule has 0 aromatic carbocycles. The molecule has 0 unspecified atom stereocenters. The maximum Gasteiger partial charge on any atom is 0.0630 e. The SMILES string of the molecule is COC[C@@H]1CNCCN1C.Cl. The van der Waals surface area contributed by atoms with Gasteiger partial charge in [0.15, 0.2) is 0 Å². The van der Waals surface area contributed by atoms with Crippen LogP contribution in [0.4, 0.5) is 0 Å². The highest BCUT2D eigenvalue weighted by atomic mass is 35.5. The van der Waals surface area contributed by atoms with E-state index in [1.165, 1.54) is 0 Å². The van der Waals surface area contributed by atoms with Crippen LogP contribution in [0, 0.1) is 0 Å². The number of piperazine rings is 1. The first kappa shape index (κ1) is 11.2. The van der Waals surface area contributed by atoms with Gasteiger partial charge in [-0.15, -0.1) is 12.4 Å². The zero-order valence-electron chi connectivity index (χ0n) is 7.17. The number of halogens is 1. The smallest absolute Gasteiger partial charge is 0.0630 e. The Kier molecular flexibility index (Phi) is 5.86. The summed E-state index contributed by atoms with van der Waals surface area (Å²) < 4.78 is 5.07. The Bertz CT molecular complexity index is 100. The van der Waals surface area contributed by atoms with Crippen LogP contribution in [0.3, 0.4) is 0 Å². The topological polar surface area (TPSA) is 24.5 Å². The number of nitrogens with zero attached hydrogens (tertiary/aromatic N) is 1. The van der Waals surface area contributed by atoms with E-state index in [0.717, 1.165) is 26.2 Å². The second-order valence-electron chi connectivity index (χ2n) is 2.79. The van der Waals surface area contributed by atoms with Crippen molar-refractivity contribution in [3.8, 4) is 0 Å². The largest absolute Gasteiger partial charge is 0.383 e.